The van der Waals surface area contributed by atoms with Gasteiger partial charge in [0, 0.05) is 23.4 Å². The van der Waals surface area contributed by atoms with Crippen molar-refractivity contribution in [2.24, 2.45) is 0 Å². The third kappa shape index (κ3) is 6.77. The Morgan fingerprint density at radius 3 is 2.26 bits per heavy atom. The van der Waals surface area contributed by atoms with E-state index in [4.69, 9.17) is 25.8 Å². The molecule has 0 fully saturated rings. The number of ether oxygens (including phenoxy) is 3. The van der Waals surface area contributed by atoms with Gasteiger partial charge >= 0.3 is 0 Å². The van der Waals surface area contributed by atoms with Crippen molar-refractivity contribution in [2.45, 2.75) is 11.9 Å². The zero-order chi connectivity index (χ0) is 30.2. The molecule has 1 aromatic heterocycles. The predicted octanol–water partition coefficient (Wildman–Crippen LogP) is 6.59. The summed E-state index contributed by atoms with van der Waals surface area (Å²) >= 11 is 7.25. The Kier molecular flexibility index (Phi) is 9.91. The lowest BCUT2D eigenvalue weighted by Gasteiger charge is -2.17. The van der Waals surface area contributed by atoms with Gasteiger partial charge in [0.15, 0.2) is 0 Å². The number of aromatic nitrogens is 1. The summed E-state index contributed by atoms with van der Waals surface area (Å²) in [4.78, 5) is 31.1. The number of benzene rings is 3. The topological polar surface area (TPSA) is 123 Å². The van der Waals surface area contributed by atoms with Gasteiger partial charge in [-0.05, 0) is 36.8 Å². The minimum atomic E-state index is -0.411. The van der Waals surface area contributed by atoms with Crippen LogP contribution in [0.4, 0.5) is 11.4 Å². The van der Waals surface area contributed by atoms with E-state index in [0.29, 0.717) is 55.5 Å². The third-order valence-corrected chi connectivity index (χ3v) is 7.45. The monoisotopic (exact) mass is 602 g/mol. The summed E-state index contributed by atoms with van der Waals surface area (Å²) in [5.41, 5.74) is 2.85. The fourth-order valence-electron chi connectivity index (χ4n) is 4.20. The number of para-hydroxylation sites is 1. The number of rotatable bonds is 10. The van der Waals surface area contributed by atoms with Crippen LogP contribution in [-0.2, 0) is 4.79 Å². The van der Waals surface area contributed by atoms with Crippen molar-refractivity contribution in [1.29, 1.82) is 5.26 Å². The second-order valence-electron chi connectivity index (χ2n) is 8.81. The first-order valence-corrected chi connectivity index (χ1v) is 14.0. The molecule has 0 radical (unpaired) electrons. The second kappa shape index (κ2) is 13.8. The molecule has 4 aromatic rings. The Bertz CT molecular complexity index is 1660. The summed E-state index contributed by atoms with van der Waals surface area (Å²) in [7, 11) is 4.49. The van der Waals surface area contributed by atoms with Crippen molar-refractivity contribution in [1.82, 2.24) is 4.98 Å². The normalized spacial score (nSPS) is 10.4. The Morgan fingerprint density at radius 2 is 1.64 bits per heavy atom. The molecule has 0 atom stereocenters. The van der Waals surface area contributed by atoms with Gasteiger partial charge < -0.3 is 24.8 Å². The Labute approximate surface area is 252 Å². The van der Waals surface area contributed by atoms with Crippen molar-refractivity contribution in [3.63, 3.8) is 0 Å². The first-order chi connectivity index (χ1) is 20.3. The number of halogens is 1. The molecule has 0 aliphatic rings. The fourth-order valence-corrected chi connectivity index (χ4v) is 5.27. The minimum absolute atomic E-state index is 0.0766. The van der Waals surface area contributed by atoms with Gasteiger partial charge in [-0.3, -0.25) is 9.59 Å². The number of methoxy groups -OCH3 is 3. The summed E-state index contributed by atoms with van der Waals surface area (Å²) in [6, 6.07) is 21.4. The van der Waals surface area contributed by atoms with Crippen LogP contribution < -0.4 is 24.8 Å². The maximum atomic E-state index is 13.5. The van der Waals surface area contributed by atoms with Crippen LogP contribution in [-0.4, -0.2) is 43.9 Å². The van der Waals surface area contributed by atoms with Crippen molar-refractivity contribution in [3.05, 3.63) is 88.6 Å². The number of carbonyl (C=O) groups excluding carboxylic acids is 2. The van der Waals surface area contributed by atoms with Crippen molar-refractivity contribution in [3.8, 4) is 34.4 Å². The maximum Gasteiger partial charge on any atom is 0.258 e. The number of hydrogen-bond acceptors (Lipinski definition) is 8. The number of aryl methyl sites for hydroxylation is 1. The summed E-state index contributed by atoms with van der Waals surface area (Å²) in [5, 5.41) is 16.6. The van der Waals surface area contributed by atoms with Gasteiger partial charge in [0.05, 0.1) is 54.6 Å². The minimum Gasteiger partial charge on any atom is -0.497 e. The van der Waals surface area contributed by atoms with Crippen LogP contribution in [0.1, 0.15) is 21.6 Å². The Hall–Kier alpha value is -4.72. The molecule has 0 saturated heterocycles. The molecule has 0 saturated carbocycles. The molecule has 2 N–H and O–H groups in total. The van der Waals surface area contributed by atoms with Crippen LogP contribution in [0.15, 0.2) is 71.8 Å². The molecule has 11 heteroatoms. The molecule has 3 aromatic carbocycles. The molecule has 0 unspecified atom stereocenters. The Morgan fingerprint density at radius 1 is 0.952 bits per heavy atom. The number of amides is 2. The standard InChI is InChI=1S/C31H27ClN4O5S/c1-18-28(30(38)35-20-8-6-5-7-9-20)29(19-10-12-21(39-2)13-11-19)22(16-33)31(34-18)42-17-27(37)36-24-15-25(40-3)23(32)14-26(24)41-4/h5-15H,17H2,1-4H3,(H,35,38)(H,36,37). The van der Waals surface area contributed by atoms with Crippen LogP contribution in [0.25, 0.3) is 11.1 Å². The average Bonchev–Trinajstić information content (AvgIpc) is 3.00. The summed E-state index contributed by atoms with van der Waals surface area (Å²) < 4.78 is 15.9. The van der Waals surface area contributed by atoms with E-state index in [1.165, 1.54) is 14.2 Å². The second-order valence-corrected chi connectivity index (χ2v) is 10.2. The molecular weight excluding hydrogens is 576 g/mol. The number of carbonyl (C=O) groups is 2. The summed E-state index contributed by atoms with van der Waals surface area (Å²) in [6.07, 6.45) is 0. The van der Waals surface area contributed by atoms with E-state index < -0.39 is 5.91 Å². The lowest BCUT2D eigenvalue weighted by molar-refractivity contribution is -0.113. The first kappa shape index (κ1) is 30.2. The van der Waals surface area contributed by atoms with Crippen LogP contribution in [0.2, 0.25) is 5.02 Å². The largest absolute Gasteiger partial charge is 0.497 e. The van der Waals surface area contributed by atoms with E-state index >= 15 is 0 Å². The average molecular weight is 603 g/mol. The molecule has 0 aliphatic heterocycles. The number of nitriles is 1. The summed E-state index contributed by atoms with van der Waals surface area (Å²) in [6.45, 7) is 1.70. The third-order valence-electron chi connectivity index (χ3n) is 6.18. The quantitative estimate of drug-likeness (QED) is 0.195. The first-order valence-electron chi connectivity index (χ1n) is 12.6. The summed E-state index contributed by atoms with van der Waals surface area (Å²) in [5.74, 6) is 0.500. The van der Waals surface area contributed by atoms with Crippen LogP contribution >= 0.6 is 23.4 Å². The molecule has 42 heavy (non-hydrogen) atoms. The molecule has 1 heterocycles. The van der Waals surface area contributed by atoms with Gasteiger partial charge in [-0.1, -0.05) is 53.7 Å². The number of nitrogens with one attached hydrogen (secondary N) is 2. The van der Waals surface area contributed by atoms with Crippen molar-refractivity contribution < 1.29 is 23.8 Å². The number of nitrogens with zero attached hydrogens (tertiary/aromatic N) is 2. The van der Waals surface area contributed by atoms with Gasteiger partial charge in [-0.25, -0.2) is 4.98 Å². The van der Waals surface area contributed by atoms with E-state index in [0.717, 1.165) is 11.8 Å². The maximum absolute atomic E-state index is 13.5. The van der Waals surface area contributed by atoms with Crippen LogP contribution in [0, 0.1) is 18.3 Å². The van der Waals surface area contributed by atoms with Gasteiger partial charge in [0.1, 0.15) is 28.3 Å². The number of anilines is 2. The van der Waals surface area contributed by atoms with Gasteiger partial charge in [0.2, 0.25) is 5.91 Å². The molecule has 4 rings (SSSR count). The predicted molar refractivity (Wildman–Crippen MR) is 164 cm³/mol. The van der Waals surface area contributed by atoms with Crippen molar-refractivity contribution >= 4 is 46.6 Å². The van der Waals surface area contributed by atoms with E-state index in [1.54, 1.807) is 62.6 Å². The van der Waals surface area contributed by atoms with E-state index in [1.807, 2.05) is 18.2 Å². The lowest BCUT2D eigenvalue weighted by Crippen LogP contribution is -2.18. The zero-order valence-corrected chi connectivity index (χ0v) is 24.9. The molecular formula is C31H27ClN4O5S. The highest BCUT2D eigenvalue weighted by Crippen LogP contribution is 2.38. The molecule has 214 valence electrons. The van der Waals surface area contributed by atoms with Crippen molar-refractivity contribution in [2.75, 3.05) is 37.7 Å². The molecule has 0 spiro atoms. The van der Waals surface area contributed by atoms with Crippen LogP contribution in [0.3, 0.4) is 0 Å². The molecule has 2 amide bonds. The lowest BCUT2D eigenvalue weighted by atomic mass is 9.94. The SMILES string of the molecule is COc1ccc(-c2c(C#N)c(SCC(=O)Nc3cc(OC)c(Cl)cc3OC)nc(C)c2C(=O)Nc2ccccc2)cc1. The number of hydrogen-bond donors (Lipinski definition) is 2. The molecule has 0 aliphatic carbocycles. The van der Waals surface area contributed by atoms with Gasteiger partial charge in [-0.2, -0.15) is 5.26 Å². The highest BCUT2D eigenvalue weighted by molar-refractivity contribution is 8.00. The highest BCUT2D eigenvalue weighted by Gasteiger charge is 2.25. The van der Waals surface area contributed by atoms with E-state index in [-0.39, 0.29) is 22.8 Å². The fraction of sp³-hybridized carbons (Fsp3) is 0.161. The molecule has 9 nitrogen and oxygen atoms in total. The smallest absolute Gasteiger partial charge is 0.258 e. The number of pyridine rings is 1. The van der Waals surface area contributed by atoms with E-state index in [2.05, 4.69) is 21.7 Å². The number of thioether (sulfide) groups is 1. The van der Waals surface area contributed by atoms with Gasteiger partial charge in [0.25, 0.3) is 5.91 Å². The van der Waals surface area contributed by atoms with E-state index in [9.17, 15) is 14.9 Å². The highest BCUT2D eigenvalue weighted by atomic mass is 35.5. The van der Waals surface area contributed by atoms with Crippen LogP contribution in [0.5, 0.6) is 17.2 Å². The van der Waals surface area contributed by atoms with Gasteiger partial charge in [-0.15, -0.1) is 0 Å². The zero-order valence-electron chi connectivity index (χ0n) is 23.3. The Balaban J connectivity index is 1.70. The molecule has 0 bridgehead atoms.